The van der Waals surface area contributed by atoms with Gasteiger partial charge >= 0.3 is 0 Å². The van der Waals surface area contributed by atoms with Crippen molar-refractivity contribution in [3.63, 3.8) is 0 Å². The van der Waals surface area contributed by atoms with E-state index in [1.807, 2.05) is 18.2 Å². The van der Waals surface area contributed by atoms with Gasteiger partial charge in [-0.1, -0.05) is 29.8 Å². The maximum Gasteiger partial charge on any atom is 0.150 e. The summed E-state index contributed by atoms with van der Waals surface area (Å²) in [5.74, 6) is 0.807. The summed E-state index contributed by atoms with van der Waals surface area (Å²) in [6.45, 7) is 2.07. The van der Waals surface area contributed by atoms with Gasteiger partial charge in [0, 0.05) is 5.56 Å². The molecular weight excluding hydrogens is 260 g/mol. The zero-order chi connectivity index (χ0) is 14.7. The van der Waals surface area contributed by atoms with E-state index in [9.17, 15) is 4.79 Å². The van der Waals surface area contributed by atoms with E-state index in [2.05, 4.69) is 31.2 Å². The number of ether oxygens (including phenoxy) is 1. The van der Waals surface area contributed by atoms with Gasteiger partial charge in [0.1, 0.15) is 12.0 Å². The highest BCUT2D eigenvalue weighted by molar-refractivity contribution is 5.80. The molecule has 3 rings (SSSR count). The molecule has 1 saturated carbocycles. The monoisotopic (exact) mass is 280 g/mol. The Morgan fingerprint density at radius 2 is 1.71 bits per heavy atom. The number of carbonyl (C=O) groups is 1. The lowest BCUT2D eigenvalue weighted by atomic mass is 10.0. The molecule has 1 aliphatic rings. The van der Waals surface area contributed by atoms with E-state index in [0.29, 0.717) is 11.7 Å². The van der Waals surface area contributed by atoms with Crippen LogP contribution < -0.4 is 4.74 Å². The molecule has 1 aliphatic carbocycles. The van der Waals surface area contributed by atoms with E-state index in [4.69, 9.17) is 4.74 Å². The summed E-state index contributed by atoms with van der Waals surface area (Å²) in [6, 6.07) is 14.1. The fourth-order valence-corrected chi connectivity index (χ4v) is 2.87. The van der Waals surface area contributed by atoms with Gasteiger partial charge in [0.2, 0.25) is 0 Å². The average molecular weight is 280 g/mol. The second-order valence-corrected chi connectivity index (χ2v) is 5.80. The van der Waals surface area contributed by atoms with Crippen molar-refractivity contribution in [2.45, 2.75) is 38.7 Å². The highest BCUT2D eigenvalue weighted by Gasteiger charge is 2.17. The largest absolute Gasteiger partial charge is 0.490 e. The summed E-state index contributed by atoms with van der Waals surface area (Å²) < 4.78 is 6.04. The van der Waals surface area contributed by atoms with E-state index in [-0.39, 0.29) is 0 Å². The zero-order valence-electron chi connectivity index (χ0n) is 12.3. The summed E-state index contributed by atoms with van der Waals surface area (Å²) in [4.78, 5) is 11.2. The first-order valence-corrected chi connectivity index (χ1v) is 7.58. The molecule has 0 unspecified atom stereocenters. The minimum Gasteiger partial charge on any atom is -0.490 e. The SMILES string of the molecule is Cc1ccc(-c2cc(C=O)cc(OC3CCCC3)c2)cc1. The molecule has 2 heteroatoms. The van der Waals surface area contributed by atoms with Crippen LogP contribution in [0.25, 0.3) is 11.1 Å². The first-order chi connectivity index (χ1) is 10.2. The molecule has 0 amide bonds. The van der Waals surface area contributed by atoms with E-state index in [1.54, 1.807) is 0 Å². The quantitative estimate of drug-likeness (QED) is 0.752. The lowest BCUT2D eigenvalue weighted by Gasteiger charge is -2.15. The number of carbonyl (C=O) groups excluding carboxylic acids is 1. The van der Waals surface area contributed by atoms with Crippen molar-refractivity contribution in [1.82, 2.24) is 0 Å². The summed E-state index contributed by atoms with van der Waals surface area (Å²) in [5.41, 5.74) is 4.04. The van der Waals surface area contributed by atoms with E-state index < -0.39 is 0 Å². The van der Waals surface area contributed by atoms with E-state index >= 15 is 0 Å². The van der Waals surface area contributed by atoms with Crippen molar-refractivity contribution in [2.75, 3.05) is 0 Å². The van der Waals surface area contributed by atoms with Gasteiger partial charge in [-0.15, -0.1) is 0 Å². The van der Waals surface area contributed by atoms with Crippen molar-refractivity contribution in [3.05, 3.63) is 53.6 Å². The molecule has 0 heterocycles. The Hall–Kier alpha value is -2.09. The highest BCUT2D eigenvalue weighted by atomic mass is 16.5. The summed E-state index contributed by atoms with van der Waals surface area (Å²) >= 11 is 0. The molecule has 1 fully saturated rings. The molecule has 108 valence electrons. The Morgan fingerprint density at radius 3 is 2.38 bits per heavy atom. The fourth-order valence-electron chi connectivity index (χ4n) is 2.87. The van der Waals surface area contributed by atoms with Crippen molar-refractivity contribution in [3.8, 4) is 16.9 Å². The van der Waals surface area contributed by atoms with Crippen LogP contribution in [0.1, 0.15) is 41.6 Å². The molecule has 0 N–H and O–H groups in total. The van der Waals surface area contributed by atoms with Crippen LogP contribution in [0.5, 0.6) is 5.75 Å². The van der Waals surface area contributed by atoms with Crippen LogP contribution in [0.3, 0.4) is 0 Å². The Kier molecular flexibility index (Phi) is 4.05. The smallest absolute Gasteiger partial charge is 0.150 e. The highest BCUT2D eigenvalue weighted by Crippen LogP contribution is 2.29. The maximum absolute atomic E-state index is 11.2. The molecule has 0 bridgehead atoms. The molecule has 2 aromatic carbocycles. The third-order valence-corrected chi connectivity index (χ3v) is 4.05. The number of hydrogen-bond acceptors (Lipinski definition) is 2. The Labute approximate surface area is 125 Å². The van der Waals surface area contributed by atoms with Crippen molar-refractivity contribution in [1.29, 1.82) is 0 Å². The third-order valence-electron chi connectivity index (χ3n) is 4.05. The molecule has 2 aromatic rings. The Bertz CT molecular complexity index is 623. The number of benzene rings is 2. The summed E-state index contributed by atoms with van der Waals surface area (Å²) in [6.07, 6.45) is 5.90. The van der Waals surface area contributed by atoms with Crippen LogP contribution in [-0.2, 0) is 0 Å². The molecule has 0 aromatic heterocycles. The van der Waals surface area contributed by atoms with Crippen molar-refractivity contribution < 1.29 is 9.53 Å². The molecule has 0 radical (unpaired) electrons. The Balaban J connectivity index is 1.92. The minimum absolute atomic E-state index is 0.303. The fraction of sp³-hybridized carbons (Fsp3) is 0.316. The van der Waals surface area contributed by atoms with Gasteiger partial charge in [-0.3, -0.25) is 4.79 Å². The number of rotatable bonds is 4. The van der Waals surface area contributed by atoms with Gasteiger partial charge in [0.05, 0.1) is 6.10 Å². The normalized spacial score (nSPS) is 15.1. The first-order valence-electron chi connectivity index (χ1n) is 7.58. The van der Waals surface area contributed by atoms with Crippen molar-refractivity contribution >= 4 is 6.29 Å². The topological polar surface area (TPSA) is 26.3 Å². The zero-order valence-corrected chi connectivity index (χ0v) is 12.3. The molecule has 0 atom stereocenters. The second kappa shape index (κ2) is 6.13. The summed E-state index contributed by atoms with van der Waals surface area (Å²) in [7, 11) is 0. The van der Waals surface area contributed by atoms with Gasteiger partial charge in [0.25, 0.3) is 0 Å². The number of aryl methyl sites for hydroxylation is 1. The second-order valence-electron chi connectivity index (χ2n) is 5.80. The Morgan fingerprint density at radius 1 is 1.00 bits per heavy atom. The predicted octanol–water partition coefficient (Wildman–Crippen LogP) is 4.80. The maximum atomic E-state index is 11.2. The first kappa shape index (κ1) is 13.9. The lowest BCUT2D eigenvalue weighted by molar-refractivity contribution is 0.112. The van der Waals surface area contributed by atoms with Crippen LogP contribution in [-0.4, -0.2) is 12.4 Å². The van der Waals surface area contributed by atoms with Gasteiger partial charge < -0.3 is 4.74 Å². The van der Waals surface area contributed by atoms with Crippen LogP contribution in [0.2, 0.25) is 0 Å². The van der Waals surface area contributed by atoms with E-state index in [1.165, 1.54) is 18.4 Å². The standard InChI is InChI=1S/C19H20O2/c1-14-6-8-16(9-7-14)17-10-15(13-20)11-19(12-17)21-18-4-2-3-5-18/h6-13,18H,2-5H2,1H3. The molecule has 0 spiro atoms. The molecule has 0 aliphatic heterocycles. The van der Waals surface area contributed by atoms with Gasteiger partial charge in [-0.2, -0.15) is 0 Å². The molecule has 0 saturated heterocycles. The molecular formula is C19H20O2. The van der Waals surface area contributed by atoms with Gasteiger partial charge in [-0.05, 0) is 61.9 Å². The molecule has 21 heavy (non-hydrogen) atoms. The third kappa shape index (κ3) is 3.33. The van der Waals surface area contributed by atoms with Crippen LogP contribution >= 0.6 is 0 Å². The van der Waals surface area contributed by atoms with Gasteiger partial charge in [0.15, 0.2) is 0 Å². The molecule has 2 nitrogen and oxygen atoms in total. The lowest BCUT2D eigenvalue weighted by Crippen LogP contribution is -2.11. The van der Waals surface area contributed by atoms with Crippen LogP contribution in [0, 0.1) is 6.92 Å². The predicted molar refractivity (Wildman–Crippen MR) is 84.9 cm³/mol. The van der Waals surface area contributed by atoms with Crippen molar-refractivity contribution in [2.24, 2.45) is 0 Å². The minimum atomic E-state index is 0.303. The average Bonchev–Trinajstić information content (AvgIpc) is 3.00. The summed E-state index contributed by atoms with van der Waals surface area (Å²) in [5, 5.41) is 0. The van der Waals surface area contributed by atoms with Crippen LogP contribution in [0.4, 0.5) is 0 Å². The van der Waals surface area contributed by atoms with E-state index in [0.717, 1.165) is 36.0 Å². The number of aldehydes is 1. The number of hydrogen-bond donors (Lipinski definition) is 0. The van der Waals surface area contributed by atoms with Crippen LogP contribution in [0.15, 0.2) is 42.5 Å². The van der Waals surface area contributed by atoms with Gasteiger partial charge in [-0.25, -0.2) is 0 Å².